The maximum absolute atomic E-state index is 2.61. The molecule has 0 spiro atoms. The van der Waals surface area contributed by atoms with E-state index in [2.05, 4.69) is 118 Å². The molecule has 5 heteroatoms. The first kappa shape index (κ1) is 33.6. The van der Waals surface area contributed by atoms with Gasteiger partial charge in [0.05, 0.1) is 16.1 Å². The quantitative estimate of drug-likeness (QED) is 0.382. The van der Waals surface area contributed by atoms with Crippen LogP contribution >= 0.6 is 0 Å². The van der Waals surface area contributed by atoms with Crippen molar-refractivity contribution in [3.8, 4) is 0 Å². The Morgan fingerprint density at radius 3 is 1.00 bits per heavy atom. The third kappa shape index (κ3) is 7.80. The van der Waals surface area contributed by atoms with Gasteiger partial charge in [0.15, 0.2) is 0 Å². The van der Waals surface area contributed by atoms with E-state index < -0.39 is 24.2 Å². The van der Waals surface area contributed by atoms with Crippen molar-refractivity contribution < 1.29 is 103 Å². The molecule has 0 radical (unpaired) electrons. The largest absolute Gasteiger partial charge is 1.00 e. The summed E-state index contributed by atoms with van der Waals surface area (Å²) in [6, 6.07) is 10.4. The summed E-state index contributed by atoms with van der Waals surface area (Å²) in [5.41, 5.74) is 3.48. The molecule has 0 saturated heterocycles. The summed E-state index contributed by atoms with van der Waals surface area (Å²) in [7, 11) is -4.66. The molecule has 0 N–H and O–H groups in total. The standard InChI is InChI=1S/C26H46Si3.2K/c1-25(2,3)19-15-21(27(7,8)9)23(17-19)29(13,14)24-18-20(26(4,5)6)16-22(24)28(10,11)12;;/h15-18H,1-14H3;;/q-2;2*+1. The molecule has 0 aliphatic heterocycles. The number of hydrogen-bond donors (Lipinski definition) is 0. The molecule has 0 unspecified atom stereocenters. The van der Waals surface area contributed by atoms with E-state index in [0.717, 1.165) is 0 Å². The summed E-state index contributed by atoms with van der Waals surface area (Å²) in [5.74, 6) is 0. The van der Waals surface area contributed by atoms with E-state index in [0.29, 0.717) is 0 Å². The predicted molar refractivity (Wildman–Crippen MR) is 144 cm³/mol. The first-order valence-corrected chi connectivity index (χ1v) is 21.3. The minimum atomic E-state index is -1.81. The van der Waals surface area contributed by atoms with Crippen LogP contribution in [0.4, 0.5) is 0 Å². The van der Waals surface area contributed by atoms with Gasteiger partial charge < -0.3 is 0 Å². The Morgan fingerprint density at radius 1 is 0.548 bits per heavy atom. The smallest absolute Gasteiger partial charge is 0.209 e. The van der Waals surface area contributed by atoms with E-state index in [1.807, 2.05) is 0 Å². The Hall–Kier alpha value is 2.62. The van der Waals surface area contributed by atoms with Crippen LogP contribution in [-0.2, 0) is 10.8 Å². The topological polar surface area (TPSA) is 0 Å². The first-order valence-electron chi connectivity index (χ1n) is 11.3. The average Bonchev–Trinajstić information content (AvgIpc) is 3.10. The molecular formula is C26H46K2Si3. The summed E-state index contributed by atoms with van der Waals surface area (Å²) in [5, 5.41) is 6.84. The van der Waals surface area contributed by atoms with Crippen molar-refractivity contribution in [3.63, 3.8) is 0 Å². The predicted octanol–water partition coefficient (Wildman–Crippen LogP) is -0.360. The summed E-state index contributed by atoms with van der Waals surface area (Å²) in [4.78, 5) is 0. The van der Waals surface area contributed by atoms with Crippen LogP contribution in [0.3, 0.4) is 0 Å². The van der Waals surface area contributed by atoms with Gasteiger partial charge in [0.25, 0.3) is 0 Å². The molecule has 0 saturated carbocycles. The number of rotatable bonds is 4. The fraction of sp³-hybridized carbons (Fsp3) is 0.615. The summed E-state index contributed by atoms with van der Waals surface area (Å²) in [6.45, 7) is 34.5. The average molecular weight is 521 g/mol. The fourth-order valence-electron chi connectivity index (χ4n) is 4.30. The van der Waals surface area contributed by atoms with Gasteiger partial charge in [-0.2, -0.15) is 33.6 Å². The maximum Gasteiger partial charge on any atom is 1.00 e. The van der Waals surface area contributed by atoms with Crippen LogP contribution in [0.1, 0.15) is 52.7 Å². The Labute approximate surface area is 282 Å². The van der Waals surface area contributed by atoms with E-state index in [1.165, 1.54) is 11.1 Å². The molecule has 2 aromatic carbocycles. The van der Waals surface area contributed by atoms with Crippen LogP contribution in [0.5, 0.6) is 0 Å². The van der Waals surface area contributed by atoms with Crippen LogP contribution in [0, 0.1) is 0 Å². The zero-order valence-electron chi connectivity index (χ0n) is 23.8. The molecule has 0 heterocycles. The second-order valence-corrected chi connectivity index (χ2v) is 28.2. The normalized spacial score (nSPS) is 13.6. The van der Waals surface area contributed by atoms with Crippen molar-refractivity contribution in [2.75, 3.05) is 0 Å². The van der Waals surface area contributed by atoms with Crippen LogP contribution in [0.2, 0.25) is 52.4 Å². The summed E-state index contributed by atoms with van der Waals surface area (Å²) >= 11 is 0. The Balaban J connectivity index is 0.00000450. The molecule has 0 fully saturated rings. The van der Waals surface area contributed by atoms with Crippen molar-refractivity contribution >= 4 is 45.0 Å². The Bertz CT molecular complexity index is 802. The molecule has 0 bridgehead atoms. The summed E-state index contributed by atoms with van der Waals surface area (Å²) in [6.07, 6.45) is 0. The van der Waals surface area contributed by atoms with Crippen LogP contribution in [0.15, 0.2) is 24.3 Å². The van der Waals surface area contributed by atoms with Crippen LogP contribution in [0.25, 0.3) is 0 Å². The molecule has 2 aromatic rings. The van der Waals surface area contributed by atoms with Crippen molar-refractivity contribution in [3.05, 3.63) is 35.4 Å². The SMILES string of the molecule is CC(C)(C)c1cc([Si](C)(C)c2cc(C(C)(C)C)[cH-]c2[Si](C)(C)C)c([Si](C)(C)C)[cH-]1.[K+].[K+]. The molecule has 2 rings (SSSR count). The van der Waals surface area contributed by atoms with Gasteiger partial charge in [0.2, 0.25) is 0 Å². The van der Waals surface area contributed by atoms with Gasteiger partial charge in [0, 0.05) is 0 Å². The van der Waals surface area contributed by atoms with Crippen molar-refractivity contribution in [1.29, 1.82) is 0 Å². The van der Waals surface area contributed by atoms with Crippen molar-refractivity contribution in [2.45, 2.75) is 105 Å². The van der Waals surface area contributed by atoms with Gasteiger partial charge in [-0.05, 0) is 18.9 Å². The zero-order valence-corrected chi connectivity index (χ0v) is 33.1. The van der Waals surface area contributed by atoms with E-state index >= 15 is 0 Å². The number of hydrogen-bond acceptors (Lipinski definition) is 0. The van der Waals surface area contributed by atoms with Gasteiger partial charge in [-0.15, -0.1) is 0 Å². The van der Waals surface area contributed by atoms with Crippen LogP contribution < -0.4 is 124 Å². The minimum Gasteiger partial charge on any atom is -0.209 e. The summed E-state index contributed by atoms with van der Waals surface area (Å²) < 4.78 is 0. The molecule has 0 nitrogen and oxygen atoms in total. The molecule has 0 aliphatic carbocycles. The van der Waals surface area contributed by atoms with Gasteiger partial charge in [-0.25, -0.2) is 22.5 Å². The molecular weight excluding hydrogens is 475 g/mol. The van der Waals surface area contributed by atoms with Crippen molar-refractivity contribution in [2.24, 2.45) is 0 Å². The van der Waals surface area contributed by atoms with E-state index in [9.17, 15) is 0 Å². The second kappa shape index (κ2) is 10.9. The van der Waals surface area contributed by atoms with E-state index in [-0.39, 0.29) is 114 Å². The third-order valence-corrected chi connectivity index (χ3v) is 14.6. The Kier molecular flexibility index (Phi) is 11.9. The van der Waals surface area contributed by atoms with E-state index in [1.54, 1.807) is 20.7 Å². The van der Waals surface area contributed by atoms with Gasteiger partial charge >= 0.3 is 103 Å². The van der Waals surface area contributed by atoms with Crippen LogP contribution in [-0.4, -0.2) is 24.2 Å². The fourth-order valence-corrected chi connectivity index (χ4v) is 14.2. The molecule has 0 atom stereocenters. The molecule has 0 amide bonds. The van der Waals surface area contributed by atoms with Gasteiger partial charge in [-0.1, -0.05) is 93.9 Å². The van der Waals surface area contributed by atoms with Gasteiger partial charge in [0.1, 0.15) is 0 Å². The zero-order chi connectivity index (χ0) is 22.8. The first-order chi connectivity index (χ1) is 12.7. The molecule has 0 aliphatic rings. The molecule has 164 valence electrons. The second-order valence-electron chi connectivity index (χ2n) is 13.8. The Morgan fingerprint density at radius 2 is 0.806 bits per heavy atom. The monoisotopic (exact) mass is 520 g/mol. The van der Waals surface area contributed by atoms with Gasteiger partial charge in [-0.3, -0.25) is 0 Å². The minimum absolute atomic E-state index is 0. The molecule has 31 heavy (non-hydrogen) atoms. The van der Waals surface area contributed by atoms with Crippen molar-refractivity contribution in [1.82, 2.24) is 0 Å². The maximum atomic E-state index is 2.61. The van der Waals surface area contributed by atoms with E-state index in [4.69, 9.17) is 0 Å². The third-order valence-electron chi connectivity index (χ3n) is 6.47. The molecule has 0 aromatic heterocycles.